The Bertz CT molecular complexity index is 803. The maximum atomic E-state index is 12.6. The Balaban J connectivity index is 2.14. The Morgan fingerprint density at radius 1 is 1.16 bits per heavy atom. The quantitative estimate of drug-likeness (QED) is 0.513. The lowest BCUT2D eigenvalue weighted by Crippen LogP contribution is -2.32. The molecule has 1 saturated heterocycles. The van der Waals surface area contributed by atoms with Crippen molar-refractivity contribution in [3.05, 3.63) is 71.6 Å². The van der Waals surface area contributed by atoms with Crippen LogP contribution in [0.2, 0.25) is 0 Å². The number of aromatic nitrogens is 1. The van der Waals surface area contributed by atoms with Crippen LogP contribution in [0.15, 0.2) is 60.4 Å². The van der Waals surface area contributed by atoms with Gasteiger partial charge in [-0.3, -0.25) is 14.6 Å². The molecule has 128 valence electrons. The Labute approximate surface area is 145 Å². The Morgan fingerprint density at radius 2 is 1.84 bits per heavy atom. The number of hydrogen-bond acceptors (Lipinski definition) is 5. The number of hydrogen-bond donors (Lipinski definition) is 1. The number of rotatable bonds is 5. The number of aliphatic hydroxyl groups excluding tert-OH is 1. The highest BCUT2D eigenvalue weighted by atomic mass is 16.5. The van der Waals surface area contributed by atoms with Gasteiger partial charge in [0.15, 0.2) is 0 Å². The number of aliphatic hydroxyl groups is 1. The largest absolute Gasteiger partial charge is 0.507 e. The van der Waals surface area contributed by atoms with E-state index in [4.69, 9.17) is 4.74 Å². The lowest BCUT2D eigenvalue weighted by molar-refractivity contribution is -0.140. The molecule has 25 heavy (non-hydrogen) atoms. The van der Waals surface area contributed by atoms with Crippen LogP contribution in [0.25, 0.3) is 5.76 Å². The zero-order valence-corrected chi connectivity index (χ0v) is 13.8. The fourth-order valence-corrected chi connectivity index (χ4v) is 2.95. The van der Waals surface area contributed by atoms with Crippen LogP contribution in [-0.4, -0.2) is 46.9 Å². The first-order valence-electron chi connectivity index (χ1n) is 7.88. The molecule has 1 N–H and O–H groups in total. The first-order chi connectivity index (χ1) is 12.1. The van der Waals surface area contributed by atoms with E-state index < -0.39 is 17.7 Å². The van der Waals surface area contributed by atoms with Crippen LogP contribution in [0, 0.1) is 0 Å². The molecule has 0 spiro atoms. The van der Waals surface area contributed by atoms with Crippen LogP contribution in [0.3, 0.4) is 0 Å². The van der Waals surface area contributed by atoms with Crippen molar-refractivity contribution in [3.63, 3.8) is 0 Å². The number of Topliss-reactive ketones (excluding diaryl/α,β-unsaturated/α-hetero) is 1. The third-order valence-corrected chi connectivity index (χ3v) is 4.15. The summed E-state index contributed by atoms with van der Waals surface area (Å²) in [5.41, 5.74) is 1.28. The predicted octanol–water partition coefficient (Wildman–Crippen LogP) is 2.15. The zero-order valence-electron chi connectivity index (χ0n) is 13.8. The summed E-state index contributed by atoms with van der Waals surface area (Å²) < 4.78 is 5.06. The number of ether oxygens (including phenoxy) is 1. The molecule has 0 aliphatic carbocycles. The molecular weight excluding hydrogens is 320 g/mol. The number of carbonyl (C=O) groups is 2. The van der Waals surface area contributed by atoms with E-state index in [0.717, 1.165) is 5.56 Å². The third kappa shape index (κ3) is 3.16. The summed E-state index contributed by atoms with van der Waals surface area (Å²) in [6.45, 7) is 0.555. The molecule has 1 aliphatic heterocycles. The molecule has 3 rings (SSSR count). The summed E-state index contributed by atoms with van der Waals surface area (Å²) in [6.07, 6.45) is 3.04. The van der Waals surface area contributed by atoms with Crippen LogP contribution in [0.1, 0.15) is 17.2 Å². The van der Waals surface area contributed by atoms with Gasteiger partial charge in [0.1, 0.15) is 5.76 Å². The minimum atomic E-state index is -0.695. The highest BCUT2D eigenvalue weighted by molar-refractivity contribution is 6.46. The van der Waals surface area contributed by atoms with E-state index in [-0.39, 0.29) is 17.9 Å². The molecule has 1 unspecified atom stereocenters. The molecule has 1 fully saturated rings. The standard InChI is InChI=1S/C19H18N2O4/c1-25-12-11-21-16(13-5-3-2-4-6-13)15(18(23)19(21)24)17(22)14-7-9-20-10-8-14/h2-10,16,22H,11-12H2,1H3/b17-15-. The summed E-state index contributed by atoms with van der Waals surface area (Å²) in [5.74, 6) is -1.53. The topological polar surface area (TPSA) is 79.7 Å². The minimum absolute atomic E-state index is 0.0819. The van der Waals surface area contributed by atoms with Crippen molar-refractivity contribution in [2.45, 2.75) is 6.04 Å². The SMILES string of the molecule is COCCN1C(=O)C(=O)/C(=C(\O)c2ccncc2)C1c1ccccc1. The Morgan fingerprint density at radius 3 is 2.48 bits per heavy atom. The molecule has 2 heterocycles. The molecule has 0 radical (unpaired) electrons. The van der Waals surface area contributed by atoms with E-state index >= 15 is 0 Å². The Hall–Kier alpha value is -2.99. The van der Waals surface area contributed by atoms with Crippen molar-refractivity contribution >= 4 is 17.4 Å². The van der Waals surface area contributed by atoms with Gasteiger partial charge in [-0.15, -0.1) is 0 Å². The smallest absolute Gasteiger partial charge is 0.295 e. The summed E-state index contributed by atoms with van der Waals surface area (Å²) in [6, 6.07) is 11.7. The third-order valence-electron chi connectivity index (χ3n) is 4.15. The second-order valence-electron chi connectivity index (χ2n) is 5.63. The monoisotopic (exact) mass is 338 g/mol. The molecule has 6 heteroatoms. The molecule has 1 aliphatic rings. The molecule has 1 aromatic heterocycles. The highest BCUT2D eigenvalue weighted by Gasteiger charge is 2.45. The lowest BCUT2D eigenvalue weighted by atomic mass is 9.95. The normalized spacial score (nSPS) is 19.4. The highest BCUT2D eigenvalue weighted by Crippen LogP contribution is 2.38. The second kappa shape index (κ2) is 7.27. The van der Waals surface area contributed by atoms with Gasteiger partial charge in [-0.1, -0.05) is 30.3 Å². The minimum Gasteiger partial charge on any atom is -0.507 e. The number of methoxy groups -OCH3 is 1. The van der Waals surface area contributed by atoms with Gasteiger partial charge in [0.2, 0.25) is 0 Å². The molecule has 2 aromatic rings. The number of nitrogens with zero attached hydrogens (tertiary/aromatic N) is 2. The zero-order chi connectivity index (χ0) is 17.8. The van der Waals surface area contributed by atoms with Crippen molar-refractivity contribution in [3.8, 4) is 0 Å². The van der Waals surface area contributed by atoms with Crippen molar-refractivity contribution in [2.75, 3.05) is 20.3 Å². The summed E-state index contributed by atoms with van der Waals surface area (Å²) in [7, 11) is 1.53. The van der Waals surface area contributed by atoms with Gasteiger partial charge in [0, 0.05) is 31.6 Å². The number of carbonyl (C=O) groups excluding carboxylic acids is 2. The summed E-state index contributed by atoms with van der Waals surface area (Å²) >= 11 is 0. The number of ketones is 1. The molecule has 6 nitrogen and oxygen atoms in total. The summed E-state index contributed by atoms with van der Waals surface area (Å²) in [4.78, 5) is 30.5. The van der Waals surface area contributed by atoms with Crippen LogP contribution in [-0.2, 0) is 14.3 Å². The summed E-state index contributed by atoms with van der Waals surface area (Å²) in [5, 5.41) is 10.7. The van der Waals surface area contributed by atoms with Crippen molar-refractivity contribution in [1.82, 2.24) is 9.88 Å². The van der Waals surface area contributed by atoms with Gasteiger partial charge in [0.25, 0.3) is 11.7 Å². The van der Waals surface area contributed by atoms with Gasteiger partial charge in [-0.25, -0.2) is 0 Å². The molecule has 0 saturated carbocycles. The molecule has 1 aromatic carbocycles. The van der Waals surface area contributed by atoms with Crippen LogP contribution in [0.4, 0.5) is 0 Å². The van der Waals surface area contributed by atoms with E-state index in [1.807, 2.05) is 30.3 Å². The number of amides is 1. The average molecular weight is 338 g/mol. The molecular formula is C19H18N2O4. The van der Waals surface area contributed by atoms with E-state index in [2.05, 4.69) is 4.98 Å². The van der Waals surface area contributed by atoms with Crippen LogP contribution >= 0.6 is 0 Å². The van der Waals surface area contributed by atoms with Crippen LogP contribution in [0.5, 0.6) is 0 Å². The van der Waals surface area contributed by atoms with Crippen LogP contribution < -0.4 is 0 Å². The van der Waals surface area contributed by atoms with E-state index in [0.29, 0.717) is 12.2 Å². The fourth-order valence-electron chi connectivity index (χ4n) is 2.95. The van der Waals surface area contributed by atoms with Gasteiger partial charge < -0.3 is 14.7 Å². The van der Waals surface area contributed by atoms with E-state index in [1.54, 1.807) is 12.1 Å². The lowest BCUT2D eigenvalue weighted by Gasteiger charge is -2.25. The second-order valence-corrected chi connectivity index (χ2v) is 5.63. The number of benzene rings is 1. The predicted molar refractivity (Wildman–Crippen MR) is 91.6 cm³/mol. The molecule has 1 amide bonds. The van der Waals surface area contributed by atoms with Crippen molar-refractivity contribution in [1.29, 1.82) is 0 Å². The Kier molecular flexibility index (Phi) is 4.90. The van der Waals surface area contributed by atoms with Gasteiger partial charge >= 0.3 is 0 Å². The van der Waals surface area contributed by atoms with Crippen molar-refractivity contribution in [2.24, 2.45) is 0 Å². The van der Waals surface area contributed by atoms with Crippen molar-refractivity contribution < 1.29 is 19.4 Å². The fraction of sp³-hybridized carbons (Fsp3) is 0.211. The average Bonchev–Trinajstić information content (AvgIpc) is 2.91. The first-order valence-corrected chi connectivity index (χ1v) is 7.88. The van der Waals surface area contributed by atoms with Gasteiger partial charge in [-0.05, 0) is 17.7 Å². The maximum absolute atomic E-state index is 12.6. The maximum Gasteiger partial charge on any atom is 0.295 e. The first kappa shape index (κ1) is 16.9. The molecule has 1 atom stereocenters. The van der Waals surface area contributed by atoms with Gasteiger partial charge in [0.05, 0.1) is 18.2 Å². The number of pyridine rings is 1. The van der Waals surface area contributed by atoms with E-state index in [9.17, 15) is 14.7 Å². The van der Waals surface area contributed by atoms with E-state index in [1.165, 1.54) is 24.4 Å². The number of likely N-dealkylation sites (tertiary alicyclic amines) is 1. The molecule has 0 bridgehead atoms. The van der Waals surface area contributed by atoms with Gasteiger partial charge in [-0.2, -0.15) is 0 Å².